The average Bonchev–Trinajstić information content (AvgIpc) is 2.73. The van der Waals surface area contributed by atoms with Gasteiger partial charge in [0.2, 0.25) is 11.9 Å². The van der Waals surface area contributed by atoms with Crippen LogP contribution in [-0.2, 0) is 25.8 Å². The fourth-order valence-corrected chi connectivity index (χ4v) is 1.93. The van der Waals surface area contributed by atoms with E-state index < -0.39 is 0 Å². The Kier molecular flexibility index (Phi) is 5.17. The van der Waals surface area contributed by atoms with Crippen molar-refractivity contribution in [2.45, 2.75) is 20.6 Å². The predicted octanol–water partition coefficient (Wildman–Crippen LogP) is 0.984. The van der Waals surface area contributed by atoms with Gasteiger partial charge in [0, 0.05) is 13.8 Å². The minimum atomic E-state index is -0.361. The molecule has 2 rings (SSSR count). The number of ether oxygens (including phenoxy) is 2. The second-order valence-corrected chi connectivity index (χ2v) is 4.73. The van der Waals surface area contributed by atoms with Crippen molar-refractivity contribution in [2.75, 3.05) is 18.5 Å². The molecule has 9 nitrogen and oxygen atoms in total. The fourth-order valence-electron chi connectivity index (χ4n) is 1.68. The predicted molar refractivity (Wildman–Crippen MR) is 79.6 cm³/mol. The van der Waals surface area contributed by atoms with Gasteiger partial charge in [0.25, 0.3) is 0 Å². The summed E-state index contributed by atoms with van der Waals surface area (Å²) in [5.41, 5.74) is 1.14. The second kappa shape index (κ2) is 7.09. The summed E-state index contributed by atoms with van der Waals surface area (Å²) in [6, 6.07) is 0. The van der Waals surface area contributed by atoms with Gasteiger partial charge >= 0.3 is 5.97 Å². The van der Waals surface area contributed by atoms with E-state index in [1.807, 2.05) is 0 Å². The number of fused-ring (bicyclic) bond motifs is 1. The molecule has 2 N–H and O–H groups in total. The third-order valence-electron chi connectivity index (χ3n) is 2.55. The van der Waals surface area contributed by atoms with Crippen molar-refractivity contribution in [3.05, 3.63) is 11.0 Å². The Balaban J connectivity index is 2.10. The number of anilines is 1. The number of H-pyrrole nitrogens is 1. The highest BCUT2D eigenvalue weighted by Gasteiger charge is 2.09. The van der Waals surface area contributed by atoms with E-state index in [9.17, 15) is 9.59 Å². The van der Waals surface area contributed by atoms with Gasteiger partial charge < -0.3 is 14.5 Å². The Morgan fingerprint density at radius 2 is 2.18 bits per heavy atom. The monoisotopic (exact) mass is 325 g/mol. The molecule has 2 heterocycles. The van der Waals surface area contributed by atoms with Crippen LogP contribution in [0.1, 0.15) is 13.8 Å². The number of aromatic amines is 1. The van der Waals surface area contributed by atoms with E-state index in [-0.39, 0.29) is 37.8 Å². The van der Waals surface area contributed by atoms with Crippen LogP contribution in [0.3, 0.4) is 0 Å². The summed E-state index contributed by atoms with van der Waals surface area (Å²) in [7, 11) is 0. The van der Waals surface area contributed by atoms with E-state index >= 15 is 0 Å². The van der Waals surface area contributed by atoms with Crippen molar-refractivity contribution in [3.63, 3.8) is 0 Å². The second-order valence-electron chi connectivity index (χ2n) is 4.35. The van der Waals surface area contributed by atoms with Crippen LogP contribution in [0.2, 0.25) is 0 Å². The lowest BCUT2D eigenvalue weighted by Crippen LogP contribution is -2.12. The first-order valence-corrected chi connectivity index (χ1v) is 6.82. The summed E-state index contributed by atoms with van der Waals surface area (Å²) in [6.45, 7) is 3.23. The molecule has 0 unspecified atom stereocenters. The molecule has 0 atom stereocenters. The lowest BCUT2D eigenvalue weighted by Gasteiger charge is -2.06. The highest BCUT2D eigenvalue weighted by molar-refractivity contribution is 7.71. The van der Waals surface area contributed by atoms with E-state index in [0.29, 0.717) is 15.9 Å². The molecule has 0 aliphatic carbocycles. The SMILES string of the molecule is CC(=O)Nc1ncc2[nH]c(=S)n(COCCOC(C)=O)c2n1. The summed E-state index contributed by atoms with van der Waals surface area (Å²) in [5, 5.41) is 2.50. The van der Waals surface area contributed by atoms with Gasteiger partial charge in [0.15, 0.2) is 10.4 Å². The largest absolute Gasteiger partial charge is 0.463 e. The number of amides is 1. The first kappa shape index (κ1) is 16.0. The van der Waals surface area contributed by atoms with Gasteiger partial charge in [-0.2, -0.15) is 4.98 Å². The van der Waals surface area contributed by atoms with Crippen molar-refractivity contribution in [2.24, 2.45) is 0 Å². The number of carbonyl (C=O) groups excluding carboxylic acids is 2. The minimum Gasteiger partial charge on any atom is -0.463 e. The quantitative estimate of drug-likeness (QED) is 0.463. The summed E-state index contributed by atoms with van der Waals surface area (Å²) in [4.78, 5) is 32.8. The third kappa shape index (κ3) is 4.09. The van der Waals surface area contributed by atoms with Crippen LogP contribution >= 0.6 is 12.2 Å². The third-order valence-corrected chi connectivity index (χ3v) is 2.87. The van der Waals surface area contributed by atoms with Crippen LogP contribution in [0.25, 0.3) is 11.2 Å². The molecule has 0 aliphatic heterocycles. The van der Waals surface area contributed by atoms with Crippen LogP contribution < -0.4 is 5.32 Å². The molecule has 0 bridgehead atoms. The van der Waals surface area contributed by atoms with Crippen LogP contribution in [0, 0.1) is 4.77 Å². The van der Waals surface area contributed by atoms with Crippen LogP contribution in [-0.4, -0.2) is 44.6 Å². The zero-order valence-corrected chi connectivity index (χ0v) is 12.9. The molecule has 2 aromatic rings. The molecular weight excluding hydrogens is 310 g/mol. The Bertz CT molecular complexity index is 754. The number of carbonyl (C=O) groups is 2. The van der Waals surface area contributed by atoms with Crippen molar-refractivity contribution >= 4 is 41.2 Å². The highest BCUT2D eigenvalue weighted by Crippen LogP contribution is 2.13. The summed E-state index contributed by atoms with van der Waals surface area (Å²) < 4.78 is 12.2. The lowest BCUT2D eigenvalue weighted by atomic mass is 10.5. The molecule has 0 saturated heterocycles. The molecule has 0 aromatic carbocycles. The average molecular weight is 325 g/mol. The van der Waals surface area contributed by atoms with Gasteiger partial charge in [-0.05, 0) is 12.2 Å². The number of rotatable bonds is 6. The van der Waals surface area contributed by atoms with Gasteiger partial charge in [0.1, 0.15) is 18.9 Å². The number of hydrogen-bond acceptors (Lipinski definition) is 7. The molecule has 118 valence electrons. The topological polar surface area (TPSA) is 111 Å². The minimum absolute atomic E-state index is 0.136. The number of nitrogens with one attached hydrogen (secondary N) is 2. The smallest absolute Gasteiger partial charge is 0.302 e. The fraction of sp³-hybridized carbons (Fsp3) is 0.417. The number of esters is 1. The Hall–Kier alpha value is -2.33. The molecule has 1 amide bonds. The molecule has 0 spiro atoms. The van der Waals surface area contributed by atoms with Crippen molar-refractivity contribution < 1.29 is 19.1 Å². The molecule has 2 aromatic heterocycles. The van der Waals surface area contributed by atoms with E-state index in [4.69, 9.17) is 21.7 Å². The Morgan fingerprint density at radius 3 is 2.86 bits per heavy atom. The van der Waals surface area contributed by atoms with Crippen molar-refractivity contribution in [1.29, 1.82) is 0 Å². The highest BCUT2D eigenvalue weighted by atomic mass is 32.1. The van der Waals surface area contributed by atoms with E-state index in [2.05, 4.69) is 20.3 Å². The Morgan fingerprint density at radius 1 is 1.41 bits per heavy atom. The standard InChI is InChI=1S/C12H15N5O4S/c1-7(18)14-11-13-5-9-10(16-11)17(12(22)15-9)6-20-3-4-21-8(2)19/h5H,3-4,6H2,1-2H3,(H,15,22)(H,13,14,16,18). The Labute approximate surface area is 130 Å². The maximum absolute atomic E-state index is 11.0. The zero-order valence-electron chi connectivity index (χ0n) is 12.1. The molecule has 0 saturated carbocycles. The molecular formula is C12H15N5O4S. The maximum atomic E-state index is 11.0. The van der Waals surface area contributed by atoms with Crippen molar-refractivity contribution in [1.82, 2.24) is 19.5 Å². The van der Waals surface area contributed by atoms with Crippen LogP contribution in [0.5, 0.6) is 0 Å². The first-order chi connectivity index (χ1) is 10.5. The maximum Gasteiger partial charge on any atom is 0.302 e. The number of imidazole rings is 1. The van der Waals surface area contributed by atoms with Crippen LogP contribution in [0.4, 0.5) is 5.95 Å². The molecule has 0 fully saturated rings. The summed E-state index contributed by atoms with van der Waals surface area (Å²) in [5.74, 6) is -0.444. The normalized spacial score (nSPS) is 10.6. The van der Waals surface area contributed by atoms with E-state index in [1.165, 1.54) is 20.0 Å². The summed E-state index contributed by atoms with van der Waals surface area (Å²) >= 11 is 5.19. The molecule has 0 aliphatic rings. The van der Waals surface area contributed by atoms with Gasteiger partial charge in [0.05, 0.1) is 12.8 Å². The summed E-state index contributed by atoms with van der Waals surface area (Å²) in [6.07, 6.45) is 1.53. The lowest BCUT2D eigenvalue weighted by molar-refractivity contribution is -0.142. The molecule has 10 heteroatoms. The number of aromatic nitrogens is 4. The first-order valence-electron chi connectivity index (χ1n) is 6.41. The van der Waals surface area contributed by atoms with E-state index in [1.54, 1.807) is 4.57 Å². The molecule has 0 radical (unpaired) electrons. The van der Waals surface area contributed by atoms with Crippen molar-refractivity contribution in [3.8, 4) is 0 Å². The molecule has 22 heavy (non-hydrogen) atoms. The van der Waals surface area contributed by atoms with Gasteiger partial charge in [-0.3, -0.25) is 19.5 Å². The van der Waals surface area contributed by atoms with Crippen LogP contribution in [0.15, 0.2) is 6.20 Å². The van der Waals surface area contributed by atoms with E-state index in [0.717, 1.165) is 0 Å². The zero-order chi connectivity index (χ0) is 16.1. The number of nitrogens with zero attached hydrogens (tertiary/aromatic N) is 3. The van der Waals surface area contributed by atoms with Gasteiger partial charge in [-0.1, -0.05) is 0 Å². The number of hydrogen-bond donors (Lipinski definition) is 2. The van der Waals surface area contributed by atoms with Gasteiger partial charge in [-0.25, -0.2) is 4.98 Å². The van der Waals surface area contributed by atoms with Gasteiger partial charge in [-0.15, -0.1) is 0 Å².